The van der Waals surface area contributed by atoms with Gasteiger partial charge in [0.05, 0.1) is 12.7 Å². The molecule has 5 heteroatoms. The highest BCUT2D eigenvalue weighted by molar-refractivity contribution is 5.78. The first-order valence-corrected chi connectivity index (χ1v) is 4.01. The van der Waals surface area contributed by atoms with E-state index in [9.17, 15) is 4.79 Å². The van der Waals surface area contributed by atoms with Crippen molar-refractivity contribution in [2.24, 2.45) is 0 Å². The molecule has 0 aromatic heterocycles. The third-order valence-corrected chi connectivity index (χ3v) is 1.83. The Bertz CT molecular complexity index is 163. The first-order chi connectivity index (χ1) is 5.72. The molecule has 1 heterocycles. The Balaban J connectivity index is 2.11. The highest BCUT2D eigenvalue weighted by Gasteiger charge is 2.20. The number of aliphatic hydroxyl groups is 2. The molecule has 0 aromatic carbocycles. The van der Waals surface area contributed by atoms with E-state index in [1.165, 1.54) is 0 Å². The molecule has 0 spiro atoms. The maximum atomic E-state index is 10.7. The zero-order valence-corrected chi connectivity index (χ0v) is 6.79. The maximum absolute atomic E-state index is 10.7. The molecule has 1 aliphatic rings. The van der Waals surface area contributed by atoms with E-state index in [1.54, 1.807) is 0 Å². The fourth-order valence-electron chi connectivity index (χ4n) is 1.12. The SMILES string of the molecule is O=C1CC(NC[C@H](O)CO)CN1. The molecule has 0 aliphatic carbocycles. The molecule has 0 saturated carbocycles. The van der Waals surface area contributed by atoms with Crippen molar-refractivity contribution >= 4 is 5.91 Å². The fraction of sp³-hybridized carbons (Fsp3) is 0.857. The lowest BCUT2D eigenvalue weighted by atomic mass is 10.2. The Labute approximate surface area is 70.8 Å². The zero-order chi connectivity index (χ0) is 8.97. The molecule has 1 unspecified atom stereocenters. The van der Waals surface area contributed by atoms with Crippen LogP contribution in [0.4, 0.5) is 0 Å². The largest absolute Gasteiger partial charge is 0.394 e. The van der Waals surface area contributed by atoms with Crippen LogP contribution >= 0.6 is 0 Å². The van der Waals surface area contributed by atoms with Gasteiger partial charge in [0, 0.05) is 25.6 Å². The minimum absolute atomic E-state index is 0.0333. The van der Waals surface area contributed by atoms with E-state index < -0.39 is 6.10 Å². The van der Waals surface area contributed by atoms with Crippen LogP contribution in [0.1, 0.15) is 6.42 Å². The molecular formula is C7H14N2O3. The summed E-state index contributed by atoms with van der Waals surface area (Å²) >= 11 is 0. The summed E-state index contributed by atoms with van der Waals surface area (Å²) in [5.41, 5.74) is 0. The summed E-state index contributed by atoms with van der Waals surface area (Å²) in [7, 11) is 0. The van der Waals surface area contributed by atoms with Gasteiger partial charge in [-0.3, -0.25) is 4.79 Å². The lowest BCUT2D eigenvalue weighted by molar-refractivity contribution is -0.119. The highest BCUT2D eigenvalue weighted by atomic mass is 16.3. The molecule has 5 nitrogen and oxygen atoms in total. The Morgan fingerprint density at radius 3 is 3.00 bits per heavy atom. The number of nitrogens with one attached hydrogen (secondary N) is 2. The van der Waals surface area contributed by atoms with Crippen molar-refractivity contribution in [2.45, 2.75) is 18.6 Å². The van der Waals surface area contributed by atoms with Gasteiger partial charge in [-0.05, 0) is 0 Å². The normalized spacial score (nSPS) is 25.5. The van der Waals surface area contributed by atoms with E-state index in [2.05, 4.69) is 10.6 Å². The standard InChI is InChI=1S/C7H14N2O3/c10-4-6(11)3-8-5-1-7(12)9-2-5/h5-6,8,10-11H,1-4H2,(H,9,12)/t5?,6-/m0/s1. The summed E-state index contributed by atoms with van der Waals surface area (Å²) in [6.45, 7) is 0.689. The lowest BCUT2D eigenvalue weighted by Gasteiger charge is -2.12. The average molecular weight is 174 g/mol. The summed E-state index contributed by atoms with van der Waals surface area (Å²) in [5, 5.41) is 23.1. The molecule has 4 N–H and O–H groups in total. The van der Waals surface area contributed by atoms with Gasteiger partial charge in [0.25, 0.3) is 0 Å². The smallest absolute Gasteiger partial charge is 0.221 e. The molecule has 1 amide bonds. The summed E-state index contributed by atoms with van der Waals surface area (Å²) in [6.07, 6.45) is -0.279. The van der Waals surface area contributed by atoms with E-state index in [4.69, 9.17) is 10.2 Å². The quantitative estimate of drug-likeness (QED) is 0.390. The Morgan fingerprint density at radius 2 is 2.50 bits per heavy atom. The molecule has 70 valence electrons. The van der Waals surface area contributed by atoms with Crippen LogP contribution in [0, 0.1) is 0 Å². The van der Waals surface area contributed by atoms with Crippen molar-refractivity contribution in [3.63, 3.8) is 0 Å². The predicted octanol–water partition coefficient (Wildman–Crippen LogP) is -2.18. The molecule has 1 aliphatic heterocycles. The van der Waals surface area contributed by atoms with Gasteiger partial charge in [-0.1, -0.05) is 0 Å². The van der Waals surface area contributed by atoms with Crippen LogP contribution < -0.4 is 10.6 Å². The molecule has 0 bridgehead atoms. The van der Waals surface area contributed by atoms with Gasteiger partial charge in [-0.2, -0.15) is 0 Å². The monoisotopic (exact) mass is 174 g/mol. The van der Waals surface area contributed by atoms with Gasteiger partial charge in [-0.25, -0.2) is 0 Å². The van der Waals surface area contributed by atoms with Gasteiger partial charge in [0.15, 0.2) is 0 Å². The molecule has 0 aromatic rings. The van der Waals surface area contributed by atoms with E-state index in [0.29, 0.717) is 19.5 Å². The Morgan fingerprint density at radius 1 is 1.75 bits per heavy atom. The average Bonchev–Trinajstić information content (AvgIpc) is 2.47. The first kappa shape index (κ1) is 9.44. The third-order valence-electron chi connectivity index (χ3n) is 1.83. The van der Waals surface area contributed by atoms with Gasteiger partial charge in [0.2, 0.25) is 5.91 Å². The van der Waals surface area contributed by atoms with Crippen molar-refractivity contribution in [1.82, 2.24) is 10.6 Å². The number of amides is 1. The van der Waals surface area contributed by atoms with Crippen LogP contribution in [0.25, 0.3) is 0 Å². The van der Waals surface area contributed by atoms with Crippen molar-refractivity contribution in [3.05, 3.63) is 0 Å². The van der Waals surface area contributed by atoms with Gasteiger partial charge >= 0.3 is 0 Å². The molecule has 12 heavy (non-hydrogen) atoms. The second-order valence-corrected chi connectivity index (χ2v) is 2.95. The van der Waals surface area contributed by atoms with E-state index in [1.807, 2.05) is 0 Å². The molecule has 2 atom stereocenters. The van der Waals surface area contributed by atoms with Crippen LogP contribution in [0.15, 0.2) is 0 Å². The minimum atomic E-state index is -0.735. The maximum Gasteiger partial charge on any atom is 0.221 e. The van der Waals surface area contributed by atoms with Gasteiger partial charge < -0.3 is 20.8 Å². The number of carbonyl (C=O) groups is 1. The van der Waals surface area contributed by atoms with Crippen molar-refractivity contribution in [3.8, 4) is 0 Å². The van der Waals surface area contributed by atoms with E-state index in [-0.39, 0.29) is 18.6 Å². The predicted molar refractivity (Wildman–Crippen MR) is 42.5 cm³/mol. The summed E-state index contributed by atoms with van der Waals surface area (Å²) in [4.78, 5) is 10.7. The number of rotatable bonds is 4. The number of carbonyl (C=O) groups excluding carboxylic acids is 1. The van der Waals surface area contributed by atoms with Crippen LogP contribution in [-0.2, 0) is 4.79 Å². The first-order valence-electron chi connectivity index (χ1n) is 4.01. The van der Waals surface area contributed by atoms with Crippen LogP contribution in [0.2, 0.25) is 0 Å². The van der Waals surface area contributed by atoms with Crippen molar-refractivity contribution in [2.75, 3.05) is 19.7 Å². The van der Waals surface area contributed by atoms with Crippen LogP contribution in [0.5, 0.6) is 0 Å². The fourth-order valence-corrected chi connectivity index (χ4v) is 1.12. The molecule has 1 rings (SSSR count). The van der Waals surface area contributed by atoms with Crippen LogP contribution in [0.3, 0.4) is 0 Å². The summed E-state index contributed by atoms with van der Waals surface area (Å²) < 4.78 is 0. The van der Waals surface area contributed by atoms with Gasteiger partial charge in [-0.15, -0.1) is 0 Å². The molecule has 1 fully saturated rings. The van der Waals surface area contributed by atoms with E-state index >= 15 is 0 Å². The Hall–Kier alpha value is -0.650. The summed E-state index contributed by atoms with van der Waals surface area (Å²) in [5.74, 6) is 0.0333. The molecule has 0 radical (unpaired) electrons. The molecule has 1 saturated heterocycles. The second kappa shape index (κ2) is 4.39. The van der Waals surface area contributed by atoms with Crippen molar-refractivity contribution < 1.29 is 15.0 Å². The topological polar surface area (TPSA) is 81.6 Å². The minimum Gasteiger partial charge on any atom is -0.394 e. The number of hydrogen-bond donors (Lipinski definition) is 4. The van der Waals surface area contributed by atoms with E-state index in [0.717, 1.165) is 0 Å². The second-order valence-electron chi connectivity index (χ2n) is 2.95. The van der Waals surface area contributed by atoms with Crippen molar-refractivity contribution in [1.29, 1.82) is 0 Å². The summed E-state index contributed by atoms with van der Waals surface area (Å²) in [6, 6.07) is 0.0960. The molecular weight excluding hydrogens is 160 g/mol. The number of aliphatic hydroxyl groups excluding tert-OH is 2. The zero-order valence-electron chi connectivity index (χ0n) is 6.79. The highest BCUT2D eigenvalue weighted by Crippen LogP contribution is 1.98. The van der Waals surface area contributed by atoms with Gasteiger partial charge in [0.1, 0.15) is 0 Å². The number of hydrogen-bond acceptors (Lipinski definition) is 4. The Kier molecular flexibility index (Phi) is 3.46. The third kappa shape index (κ3) is 2.77. The van der Waals surface area contributed by atoms with Crippen LogP contribution in [-0.4, -0.2) is 48.0 Å². The lowest BCUT2D eigenvalue weighted by Crippen LogP contribution is -2.38.